The van der Waals surface area contributed by atoms with Crippen molar-refractivity contribution in [2.24, 2.45) is 0 Å². The van der Waals surface area contributed by atoms with E-state index in [0.717, 1.165) is 6.42 Å². The Labute approximate surface area is 95.3 Å². The Bertz CT molecular complexity index is 177. The van der Waals surface area contributed by atoms with Gasteiger partial charge in [-0.1, -0.05) is 46.0 Å². The fourth-order valence-corrected chi connectivity index (χ4v) is 1.34. The predicted octanol–water partition coefficient (Wildman–Crippen LogP) is 3.64. The number of hydrogen-bond donors (Lipinski definition) is 0. The summed E-state index contributed by atoms with van der Waals surface area (Å²) in [7, 11) is 0. The van der Waals surface area contributed by atoms with E-state index in [1.165, 1.54) is 36.8 Å². The fourth-order valence-electron chi connectivity index (χ4n) is 1.34. The van der Waals surface area contributed by atoms with Crippen molar-refractivity contribution in [3.63, 3.8) is 0 Å². The SMILES string of the molecule is CCCCC1=CCC(CC)=[C-]1.[Zr]. The first-order valence-electron chi connectivity index (χ1n) is 4.67. The van der Waals surface area contributed by atoms with Gasteiger partial charge in [0.05, 0.1) is 0 Å². The number of rotatable bonds is 4. The fraction of sp³-hybridized carbons (Fsp3) is 0.636. The minimum absolute atomic E-state index is 0. The van der Waals surface area contributed by atoms with Crippen LogP contribution in [0.15, 0.2) is 17.2 Å². The third kappa shape index (κ3) is 3.85. The Kier molecular flexibility index (Phi) is 7.04. The second-order valence-corrected chi connectivity index (χ2v) is 3.12. The third-order valence-electron chi connectivity index (χ3n) is 2.16. The first kappa shape index (κ1) is 12.4. The Balaban J connectivity index is 0.00000121. The zero-order valence-corrected chi connectivity index (χ0v) is 10.6. The molecular formula is C11H17Zr-. The topological polar surface area (TPSA) is 0 Å². The maximum absolute atomic E-state index is 3.45. The van der Waals surface area contributed by atoms with Crippen LogP contribution in [0.4, 0.5) is 0 Å². The minimum Gasteiger partial charge on any atom is -0.250 e. The molecule has 1 heteroatoms. The summed E-state index contributed by atoms with van der Waals surface area (Å²) in [5, 5.41) is 0. The minimum atomic E-state index is 0. The summed E-state index contributed by atoms with van der Waals surface area (Å²) in [6.45, 7) is 4.44. The first-order valence-corrected chi connectivity index (χ1v) is 4.67. The van der Waals surface area contributed by atoms with Crippen LogP contribution in [0.3, 0.4) is 0 Å². The van der Waals surface area contributed by atoms with Crippen LogP contribution >= 0.6 is 0 Å². The molecule has 0 heterocycles. The molecule has 0 bridgehead atoms. The summed E-state index contributed by atoms with van der Waals surface area (Å²) in [6, 6.07) is 0. The van der Waals surface area contributed by atoms with E-state index in [2.05, 4.69) is 26.0 Å². The van der Waals surface area contributed by atoms with Crippen LogP contribution in [0.2, 0.25) is 0 Å². The van der Waals surface area contributed by atoms with Crippen molar-refractivity contribution in [2.45, 2.75) is 46.0 Å². The molecule has 0 amide bonds. The molecule has 66 valence electrons. The van der Waals surface area contributed by atoms with Gasteiger partial charge >= 0.3 is 0 Å². The van der Waals surface area contributed by atoms with Gasteiger partial charge in [-0.15, -0.1) is 0 Å². The molecule has 0 saturated heterocycles. The van der Waals surface area contributed by atoms with E-state index in [9.17, 15) is 0 Å². The largest absolute Gasteiger partial charge is 0.250 e. The normalized spacial score (nSPS) is 15.2. The van der Waals surface area contributed by atoms with Crippen molar-refractivity contribution in [1.82, 2.24) is 0 Å². The summed E-state index contributed by atoms with van der Waals surface area (Å²) in [6.07, 6.45) is 12.0. The van der Waals surface area contributed by atoms with Crippen LogP contribution in [-0.2, 0) is 26.2 Å². The Hall–Kier alpha value is 0.363. The average Bonchev–Trinajstić information content (AvgIpc) is 2.48. The molecule has 0 aromatic rings. The summed E-state index contributed by atoms with van der Waals surface area (Å²) in [4.78, 5) is 0. The van der Waals surface area contributed by atoms with Gasteiger partial charge in [0.25, 0.3) is 0 Å². The maximum atomic E-state index is 3.45. The smallest absolute Gasteiger partial charge is 0 e. The molecule has 0 aromatic carbocycles. The van der Waals surface area contributed by atoms with Crippen molar-refractivity contribution in [1.29, 1.82) is 0 Å². The van der Waals surface area contributed by atoms with Gasteiger partial charge in [-0.25, -0.2) is 17.7 Å². The van der Waals surface area contributed by atoms with E-state index in [4.69, 9.17) is 0 Å². The van der Waals surface area contributed by atoms with Crippen molar-refractivity contribution < 1.29 is 26.2 Å². The van der Waals surface area contributed by atoms with Crippen LogP contribution in [0.1, 0.15) is 46.0 Å². The van der Waals surface area contributed by atoms with Gasteiger partial charge in [0.2, 0.25) is 0 Å². The van der Waals surface area contributed by atoms with Gasteiger partial charge in [0.1, 0.15) is 0 Å². The van der Waals surface area contributed by atoms with E-state index in [1.54, 1.807) is 0 Å². The van der Waals surface area contributed by atoms with Crippen LogP contribution in [-0.4, -0.2) is 0 Å². The van der Waals surface area contributed by atoms with Gasteiger partial charge in [-0.05, 0) is 0 Å². The number of unbranched alkanes of at least 4 members (excludes halogenated alkanes) is 1. The second kappa shape index (κ2) is 6.83. The summed E-state index contributed by atoms with van der Waals surface area (Å²) < 4.78 is 0. The van der Waals surface area contributed by atoms with Gasteiger partial charge < -0.3 is 0 Å². The molecule has 0 saturated carbocycles. The molecule has 0 aliphatic heterocycles. The van der Waals surface area contributed by atoms with Crippen molar-refractivity contribution in [2.75, 3.05) is 0 Å². The molecule has 0 radical (unpaired) electrons. The monoisotopic (exact) mass is 239 g/mol. The molecule has 0 aromatic heterocycles. The first-order chi connectivity index (χ1) is 5.36. The van der Waals surface area contributed by atoms with Crippen molar-refractivity contribution >= 4 is 0 Å². The standard InChI is InChI=1S/C11H17.Zr/c1-3-5-6-11-8-7-10(4-2)9-11;/h8H,3-7H2,1-2H3;/q-1;. The van der Waals surface area contributed by atoms with E-state index < -0.39 is 0 Å². The van der Waals surface area contributed by atoms with Gasteiger partial charge in [0.15, 0.2) is 0 Å². The summed E-state index contributed by atoms with van der Waals surface area (Å²) >= 11 is 0. The van der Waals surface area contributed by atoms with Gasteiger partial charge in [0, 0.05) is 26.2 Å². The predicted molar refractivity (Wildman–Crippen MR) is 49.3 cm³/mol. The Morgan fingerprint density at radius 3 is 2.67 bits per heavy atom. The van der Waals surface area contributed by atoms with Crippen LogP contribution < -0.4 is 0 Å². The molecule has 0 atom stereocenters. The molecule has 0 spiro atoms. The molecule has 0 fully saturated rings. The van der Waals surface area contributed by atoms with E-state index in [1.807, 2.05) is 0 Å². The second-order valence-electron chi connectivity index (χ2n) is 3.12. The van der Waals surface area contributed by atoms with E-state index >= 15 is 0 Å². The van der Waals surface area contributed by atoms with Crippen LogP contribution in [0, 0.1) is 6.08 Å². The molecule has 1 aliphatic carbocycles. The van der Waals surface area contributed by atoms with Crippen LogP contribution in [0.5, 0.6) is 0 Å². The quantitative estimate of drug-likeness (QED) is 0.658. The van der Waals surface area contributed by atoms with E-state index in [0.29, 0.717) is 0 Å². The molecule has 12 heavy (non-hydrogen) atoms. The van der Waals surface area contributed by atoms with Crippen molar-refractivity contribution in [3.05, 3.63) is 23.3 Å². The molecule has 0 N–H and O–H groups in total. The molecule has 1 rings (SSSR count). The molecule has 0 unspecified atom stereocenters. The zero-order valence-electron chi connectivity index (χ0n) is 8.11. The Morgan fingerprint density at radius 1 is 1.42 bits per heavy atom. The number of allylic oxidation sites excluding steroid dienone is 4. The van der Waals surface area contributed by atoms with Gasteiger partial charge in [-0.3, -0.25) is 0 Å². The Morgan fingerprint density at radius 2 is 2.17 bits per heavy atom. The van der Waals surface area contributed by atoms with Gasteiger partial charge in [-0.2, -0.15) is 5.57 Å². The summed E-state index contributed by atoms with van der Waals surface area (Å²) in [5.74, 6) is 0. The van der Waals surface area contributed by atoms with Crippen molar-refractivity contribution in [3.8, 4) is 0 Å². The average molecular weight is 240 g/mol. The molecule has 0 nitrogen and oxygen atoms in total. The molecular weight excluding hydrogens is 223 g/mol. The van der Waals surface area contributed by atoms with Crippen LogP contribution in [0.25, 0.3) is 0 Å². The number of hydrogen-bond acceptors (Lipinski definition) is 0. The summed E-state index contributed by atoms with van der Waals surface area (Å²) in [5.41, 5.74) is 2.93. The van der Waals surface area contributed by atoms with E-state index in [-0.39, 0.29) is 26.2 Å². The zero-order chi connectivity index (χ0) is 8.10. The third-order valence-corrected chi connectivity index (χ3v) is 2.16. The maximum Gasteiger partial charge on any atom is 0 e. The molecule has 1 aliphatic rings.